The van der Waals surface area contributed by atoms with Gasteiger partial charge in [0.05, 0.1) is 0 Å². The minimum absolute atomic E-state index is 0. The van der Waals surface area contributed by atoms with Gasteiger partial charge in [0.25, 0.3) is 0 Å². The molecule has 7 heavy (non-hydrogen) atoms. The molecule has 0 atom stereocenters. The molecule has 0 saturated heterocycles. The first-order valence-electron chi connectivity index (χ1n) is 0.894. The molecule has 0 bridgehead atoms. The van der Waals surface area contributed by atoms with Crippen LogP contribution < -0.4 is 0 Å². The summed E-state index contributed by atoms with van der Waals surface area (Å²) in [5.41, 5.74) is 0. The first-order chi connectivity index (χ1) is 2.00. The van der Waals surface area contributed by atoms with E-state index in [1.54, 1.807) is 0 Å². The van der Waals surface area contributed by atoms with E-state index in [1.807, 2.05) is 0 Å². The van der Waals surface area contributed by atoms with Gasteiger partial charge in [0.2, 0.25) is 0 Å². The maximum absolute atomic E-state index is 7.33. The molecule has 0 saturated carbocycles. The van der Waals surface area contributed by atoms with Crippen molar-refractivity contribution in [2.45, 2.75) is 0 Å². The van der Waals surface area contributed by atoms with Gasteiger partial charge in [-0.15, -0.1) is 0 Å². The largest absolute Gasteiger partial charge is 2.00 e. The van der Waals surface area contributed by atoms with Crippen LogP contribution in [0.3, 0.4) is 0 Å². The molecule has 0 rings (SSSR count). The Labute approximate surface area is 96.8 Å². The standard InChI is InChI=1S/H4O4Si.Sr.Ti.2H/c1-5(2,3)4;;;;/h1-4H;;;;/q;+2;;2*-1. The van der Waals surface area contributed by atoms with Gasteiger partial charge in [0.15, 0.2) is 0 Å². The summed E-state index contributed by atoms with van der Waals surface area (Å²) in [5.74, 6) is 0. The van der Waals surface area contributed by atoms with Gasteiger partial charge in [-0.05, 0) is 0 Å². The summed E-state index contributed by atoms with van der Waals surface area (Å²) in [4.78, 5) is 29.3. The quantitative estimate of drug-likeness (QED) is 0.342. The monoisotopic (exact) mass is 234 g/mol. The van der Waals surface area contributed by atoms with E-state index < -0.39 is 9.05 Å². The summed E-state index contributed by atoms with van der Waals surface area (Å²) in [7, 11) is -4.61. The van der Waals surface area contributed by atoms with Crippen LogP contribution in [0.2, 0.25) is 0 Å². The van der Waals surface area contributed by atoms with E-state index in [2.05, 4.69) is 0 Å². The molecule has 0 aliphatic heterocycles. The predicted molar refractivity (Wildman–Crippen MR) is 22.6 cm³/mol. The van der Waals surface area contributed by atoms with Crippen molar-refractivity contribution in [2.24, 2.45) is 0 Å². The molecule has 7 heteroatoms. The third kappa shape index (κ3) is 63.6. The maximum atomic E-state index is 7.33. The smallest absolute Gasteiger partial charge is 1.00 e. The van der Waals surface area contributed by atoms with Gasteiger partial charge < -0.3 is 22.0 Å². The summed E-state index contributed by atoms with van der Waals surface area (Å²) in [5, 5.41) is 0. The van der Waals surface area contributed by atoms with Crippen molar-refractivity contribution < 1.29 is 43.8 Å². The Morgan fingerprint density at radius 3 is 1.00 bits per heavy atom. The average Bonchev–Trinajstić information content (AvgIpc) is 0.722. The van der Waals surface area contributed by atoms with Crippen molar-refractivity contribution >= 4 is 54.5 Å². The van der Waals surface area contributed by atoms with Gasteiger partial charge in [0, 0.05) is 21.7 Å². The average molecular weight is 234 g/mol. The summed E-state index contributed by atoms with van der Waals surface area (Å²) < 4.78 is 0. The molecule has 0 unspecified atom stereocenters. The molecule has 0 spiro atoms. The first kappa shape index (κ1) is 16.1. The van der Waals surface area contributed by atoms with Gasteiger partial charge >= 0.3 is 54.5 Å². The normalized spacial score (nSPS) is 8.57. The van der Waals surface area contributed by atoms with E-state index in [-0.39, 0.29) is 70.1 Å². The van der Waals surface area contributed by atoms with Crippen LogP contribution in [0.1, 0.15) is 2.85 Å². The zero-order chi connectivity index (χ0) is 4.50. The van der Waals surface area contributed by atoms with Gasteiger partial charge in [-0.3, -0.25) is 0 Å². The third-order valence-electron chi connectivity index (χ3n) is 0. The third-order valence-corrected chi connectivity index (χ3v) is 0. The molecule has 0 fully saturated rings. The fourth-order valence-corrected chi connectivity index (χ4v) is 0. The van der Waals surface area contributed by atoms with Gasteiger partial charge in [-0.1, -0.05) is 0 Å². The summed E-state index contributed by atoms with van der Waals surface area (Å²) in [6, 6.07) is 0. The van der Waals surface area contributed by atoms with E-state index in [1.165, 1.54) is 0 Å². The van der Waals surface area contributed by atoms with Crippen molar-refractivity contribution in [2.75, 3.05) is 0 Å². The summed E-state index contributed by atoms with van der Waals surface area (Å²) in [6.45, 7) is 0. The SMILES string of the molecule is O[Si](O)(O)O.[H-].[H-].[Sr+2].[Ti]. The van der Waals surface area contributed by atoms with Crippen LogP contribution in [0.4, 0.5) is 0 Å². The fourth-order valence-electron chi connectivity index (χ4n) is 0. The minimum atomic E-state index is -4.61. The number of hydrogen-bond acceptors (Lipinski definition) is 4. The van der Waals surface area contributed by atoms with E-state index in [0.29, 0.717) is 0 Å². The predicted octanol–water partition coefficient (Wildman–Crippen LogP) is -2.77. The molecular weight excluding hydrogens is 228 g/mol. The Balaban J connectivity index is -0.0000000133. The molecule has 0 heterocycles. The van der Waals surface area contributed by atoms with Crippen LogP contribution in [0.5, 0.6) is 0 Å². The Morgan fingerprint density at radius 1 is 1.00 bits per heavy atom. The minimum Gasteiger partial charge on any atom is -1.00 e. The second-order valence-corrected chi connectivity index (χ2v) is 1.80. The molecule has 0 aromatic heterocycles. The molecule has 40 valence electrons. The van der Waals surface area contributed by atoms with Crippen molar-refractivity contribution in [3.63, 3.8) is 0 Å². The van der Waals surface area contributed by atoms with Crippen LogP contribution in [0.15, 0.2) is 0 Å². The maximum Gasteiger partial charge on any atom is 2.00 e. The van der Waals surface area contributed by atoms with Gasteiger partial charge in [-0.2, -0.15) is 0 Å². The van der Waals surface area contributed by atoms with Crippen molar-refractivity contribution in [3.8, 4) is 0 Å². The van der Waals surface area contributed by atoms with Crippen molar-refractivity contribution in [1.29, 1.82) is 0 Å². The van der Waals surface area contributed by atoms with Crippen LogP contribution in [-0.2, 0) is 21.7 Å². The Kier molecular flexibility index (Phi) is 14.7. The zero-order valence-corrected chi connectivity index (χ0v) is 9.53. The van der Waals surface area contributed by atoms with Crippen LogP contribution in [0.25, 0.3) is 0 Å². The van der Waals surface area contributed by atoms with E-state index >= 15 is 0 Å². The topological polar surface area (TPSA) is 80.9 Å². The van der Waals surface area contributed by atoms with E-state index in [0.717, 1.165) is 0 Å². The summed E-state index contributed by atoms with van der Waals surface area (Å²) in [6.07, 6.45) is 0. The van der Waals surface area contributed by atoms with Gasteiger partial charge in [0.1, 0.15) is 0 Å². The zero-order valence-electron chi connectivity index (χ0n) is 5.50. The Bertz CT molecular complexity index is 34.0. The fraction of sp³-hybridized carbons (Fsp3) is 0. The van der Waals surface area contributed by atoms with Crippen LogP contribution in [0, 0.1) is 0 Å². The second-order valence-electron chi connectivity index (χ2n) is 0.600. The van der Waals surface area contributed by atoms with E-state index in [4.69, 9.17) is 19.2 Å². The van der Waals surface area contributed by atoms with Gasteiger partial charge in [-0.25, -0.2) is 0 Å². The van der Waals surface area contributed by atoms with E-state index in [9.17, 15) is 0 Å². The molecular formula is H6O4SiSrTi. The molecule has 0 radical (unpaired) electrons. The number of rotatable bonds is 0. The molecule has 0 aliphatic carbocycles. The Hall–Kier alpha value is 2.25. The number of hydrogen-bond donors (Lipinski definition) is 4. The van der Waals surface area contributed by atoms with Crippen molar-refractivity contribution in [1.82, 2.24) is 0 Å². The molecule has 0 aliphatic rings. The second kappa shape index (κ2) is 6.37. The molecule has 0 aromatic carbocycles. The summed E-state index contributed by atoms with van der Waals surface area (Å²) >= 11 is 0. The van der Waals surface area contributed by atoms with Crippen LogP contribution >= 0.6 is 0 Å². The Morgan fingerprint density at radius 2 is 1.00 bits per heavy atom. The molecule has 0 aromatic rings. The molecule has 0 amide bonds. The van der Waals surface area contributed by atoms with Crippen LogP contribution in [-0.4, -0.2) is 73.7 Å². The molecule has 4 nitrogen and oxygen atoms in total. The van der Waals surface area contributed by atoms with Crippen molar-refractivity contribution in [3.05, 3.63) is 0 Å². The first-order valence-corrected chi connectivity index (χ1v) is 2.68. The molecule has 4 N–H and O–H groups in total.